The Morgan fingerprint density at radius 3 is 2.30 bits per heavy atom. The van der Waals surface area contributed by atoms with Gasteiger partial charge in [0, 0.05) is 59.8 Å². The summed E-state index contributed by atoms with van der Waals surface area (Å²) in [6.45, 7) is 2.99. The Bertz CT molecular complexity index is 2120. The zero-order valence-electron chi connectivity index (χ0n) is 31.7. The number of hydrogen-bond donors (Lipinski definition) is 2. The van der Waals surface area contributed by atoms with Crippen LogP contribution in [0.15, 0.2) is 72.1 Å². The molecule has 5 heterocycles. The third-order valence-electron chi connectivity index (χ3n) is 11.4. The first kappa shape index (κ1) is 36.4. The van der Waals surface area contributed by atoms with Crippen LogP contribution in [-0.4, -0.2) is 63.4 Å². The van der Waals surface area contributed by atoms with E-state index in [1.54, 1.807) is 32.7 Å². The third-order valence-corrected chi connectivity index (χ3v) is 12.2. The van der Waals surface area contributed by atoms with Crippen LogP contribution in [0.3, 0.4) is 0 Å². The average Bonchev–Trinajstić information content (AvgIpc) is 3.71. The minimum atomic E-state index is -0.144. The van der Waals surface area contributed by atoms with E-state index in [1.807, 2.05) is 18.2 Å². The van der Waals surface area contributed by atoms with E-state index in [-0.39, 0.29) is 18.7 Å². The molecule has 4 aliphatic heterocycles. The van der Waals surface area contributed by atoms with Gasteiger partial charge in [-0.2, -0.15) is 0 Å². The number of likely N-dealkylation sites (N-methyl/N-ethyl adjacent to an activating group) is 2. The van der Waals surface area contributed by atoms with Gasteiger partial charge in [-0.25, -0.2) is 0 Å². The van der Waals surface area contributed by atoms with Crippen molar-refractivity contribution in [3.8, 4) is 40.2 Å². The highest BCUT2D eigenvalue weighted by Gasteiger charge is 2.37. The molecule has 0 spiro atoms. The second-order valence-corrected chi connectivity index (χ2v) is 15.5. The van der Waals surface area contributed by atoms with Crippen LogP contribution in [0.2, 0.25) is 0 Å². The molecular weight excluding hydrogens is 699 g/mol. The highest BCUT2D eigenvalue weighted by Crippen LogP contribution is 2.53. The van der Waals surface area contributed by atoms with Crippen molar-refractivity contribution in [2.24, 2.45) is 0 Å². The number of rotatable bonds is 8. The molecule has 2 atom stereocenters. The van der Waals surface area contributed by atoms with Crippen molar-refractivity contribution in [3.05, 3.63) is 121 Å². The summed E-state index contributed by atoms with van der Waals surface area (Å²) in [7, 11) is 9.43. The number of aliphatic hydroxyl groups excluding tert-OH is 1. The Balaban J connectivity index is 1.34. The van der Waals surface area contributed by atoms with E-state index in [0.29, 0.717) is 47.5 Å². The molecule has 0 fully saturated rings. The van der Waals surface area contributed by atoms with Gasteiger partial charge in [0.25, 0.3) is 0 Å². The second kappa shape index (κ2) is 15.6. The first-order valence-corrected chi connectivity index (χ1v) is 19.6. The van der Waals surface area contributed by atoms with Gasteiger partial charge < -0.3 is 34.1 Å². The molecule has 0 saturated heterocycles. The monoisotopic (exact) mass is 747 g/mol. The summed E-state index contributed by atoms with van der Waals surface area (Å²) in [5.41, 5.74) is 8.85. The van der Waals surface area contributed by atoms with Crippen LogP contribution in [0.5, 0.6) is 40.2 Å². The van der Waals surface area contributed by atoms with E-state index < -0.39 is 0 Å². The van der Waals surface area contributed by atoms with E-state index in [2.05, 4.69) is 83.1 Å². The van der Waals surface area contributed by atoms with Crippen LogP contribution >= 0.6 is 11.3 Å². The fourth-order valence-corrected chi connectivity index (χ4v) is 9.14. The molecule has 5 aromatic rings. The van der Waals surface area contributed by atoms with Crippen molar-refractivity contribution in [3.63, 3.8) is 0 Å². The lowest BCUT2D eigenvalue weighted by molar-refractivity contribution is 0.219. The number of hydrogen-bond acceptors (Lipinski definition) is 10. The van der Waals surface area contributed by atoms with E-state index in [1.165, 1.54) is 27.1 Å². The molecule has 9 rings (SSSR count). The standard InChI is InChI=1S/C44H49N3O6S/c1-46-16-14-29-22-30(26-48)39-23-34(29)36(46)19-27-8-11-31(12-9-27)52-40-21-28(10-13-38(40)49-3)20-37-41-33(15-17-47(37)2)35(25-45-24-32-7-6-18-54-32)42(50-4)44(51-5)43(41)53-39/h6-13,18,21-23,36-37,45,48H,14-17,19-20,24-26H2,1-5H3/t36-,37-/m0/s1. The molecule has 0 amide bonds. The summed E-state index contributed by atoms with van der Waals surface area (Å²) in [5, 5.41) is 16.6. The van der Waals surface area contributed by atoms with Crippen molar-refractivity contribution < 1.29 is 28.8 Å². The van der Waals surface area contributed by atoms with Gasteiger partial charge in [0.1, 0.15) is 11.5 Å². The smallest absolute Gasteiger partial charge is 0.204 e. The molecule has 0 unspecified atom stereocenters. The van der Waals surface area contributed by atoms with Gasteiger partial charge in [-0.05, 0) is 115 Å². The fraction of sp³-hybridized carbons (Fsp3) is 0.364. The summed E-state index contributed by atoms with van der Waals surface area (Å²) in [6, 6.07) is 23.2. The van der Waals surface area contributed by atoms with Gasteiger partial charge >= 0.3 is 0 Å². The molecule has 0 aliphatic carbocycles. The van der Waals surface area contributed by atoms with E-state index in [0.717, 1.165) is 66.9 Å². The Morgan fingerprint density at radius 1 is 0.796 bits per heavy atom. The Kier molecular flexibility index (Phi) is 10.5. The van der Waals surface area contributed by atoms with Gasteiger partial charge in [0.05, 0.1) is 27.9 Å². The Morgan fingerprint density at radius 2 is 1.56 bits per heavy atom. The van der Waals surface area contributed by atoms with Gasteiger partial charge in [-0.1, -0.05) is 24.3 Å². The Labute approximate surface area is 322 Å². The van der Waals surface area contributed by atoms with E-state index in [9.17, 15) is 5.11 Å². The summed E-state index contributed by atoms with van der Waals surface area (Å²) < 4.78 is 32.0. The molecule has 4 aromatic carbocycles. The topological polar surface area (TPSA) is 84.9 Å². The lowest BCUT2D eigenvalue weighted by atomic mass is 9.84. The van der Waals surface area contributed by atoms with Crippen molar-refractivity contribution in [1.29, 1.82) is 0 Å². The fourth-order valence-electron chi connectivity index (χ4n) is 8.47. The molecule has 0 radical (unpaired) electrons. The van der Waals surface area contributed by atoms with Crippen LogP contribution in [0.25, 0.3) is 0 Å². The summed E-state index contributed by atoms with van der Waals surface area (Å²) in [5.74, 6) is 4.58. The van der Waals surface area contributed by atoms with Crippen LogP contribution in [0.4, 0.5) is 0 Å². The Hall–Kier alpha value is -4.58. The molecule has 6 bridgehead atoms. The lowest BCUT2D eigenvalue weighted by Crippen LogP contribution is -2.35. The first-order valence-electron chi connectivity index (χ1n) is 18.7. The van der Waals surface area contributed by atoms with Crippen LogP contribution in [0, 0.1) is 0 Å². The summed E-state index contributed by atoms with van der Waals surface area (Å²) in [4.78, 5) is 6.09. The van der Waals surface area contributed by atoms with Crippen molar-refractivity contribution in [1.82, 2.24) is 15.1 Å². The minimum absolute atomic E-state index is 0.0758. The number of nitrogens with one attached hydrogen (secondary N) is 1. The summed E-state index contributed by atoms with van der Waals surface area (Å²) in [6.07, 6.45) is 3.20. The third kappa shape index (κ3) is 6.93. The zero-order chi connectivity index (χ0) is 37.3. The molecule has 2 N–H and O–H groups in total. The molecule has 0 saturated carbocycles. The number of thiophene rings is 1. The lowest BCUT2D eigenvalue weighted by Gasteiger charge is -2.38. The number of methoxy groups -OCH3 is 3. The SMILES string of the molecule is COc1ccc2cc1Oc1ccc(cc1)C[C@H]1c3cc(c(CO)cc3CCN1C)Oc1c(OC)c(OC)c(CNCc3cccs3)c3c1[C@H](C2)N(C)CC3. The van der Waals surface area contributed by atoms with Crippen molar-refractivity contribution >= 4 is 11.3 Å². The second-order valence-electron chi connectivity index (χ2n) is 14.5. The van der Waals surface area contributed by atoms with Gasteiger partial charge in [0.15, 0.2) is 23.0 Å². The first-order chi connectivity index (χ1) is 26.4. The number of benzene rings is 4. The largest absolute Gasteiger partial charge is 0.493 e. The molecule has 282 valence electrons. The highest BCUT2D eigenvalue weighted by molar-refractivity contribution is 7.09. The van der Waals surface area contributed by atoms with E-state index in [4.69, 9.17) is 23.7 Å². The number of aliphatic hydroxyl groups is 1. The maximum Gasteiger partial charge on any atom is 0.204 e. The minimum Gasteiger partial charge on any atom is -0.493 e. The van der Waals surface area contributed by atoms with Crippen molar-refractivity contribution in [2.75, 3.05) is 48.5 Å². The quantitative estimate of drug-likeness (QED) is 0.164. The summed E-state index contributed by atoms with van der Waals surface area (Å²) >= 11 is 1.74. The molecular formula is C44H49N3O6S. The zero-order valence-corrected chi connectivity index (χ0v) is 32.6. The van der Waals surface area contributed by atoms with Crippen LogP contribution < -0.4 is 29.0 Å². The predicted molar refractivity (Wildman–Crippen MR) is 212 cm³/mol. The number of nitrogens with zero attached hydrogens (tertiary/aromatic N) is 2. The molecule has 1 aromatic heterocycles. The van der Waals surface area contributed by atoms with Gasteiger partial charge in [-0.15, -0.1) is 11.3 Å². The van der Waals surface area contributed by atoms with Crippen molar-refractivity contribution in [2.45, 2.75) is 57.5 Å². The predicted octanol–water partition coefficient (Wildman–Crippen LogP) is 8.00. The van der Waals surface area contributed by atoms with Gasteiger partial charge in [-0.3, -0.25) is 9.80 Å². The maximum atomic E-state index is 10.8. The van der Waals surface area contributed by atoms with E-state index >= 15 is 0 Å². The van der Waals surface area contributed by atoms with Gasteiger partial charge in [0.2, 0.25) is 5.75 Å². The highest BCUT2D eigenvalue weighted by atomic mass is 32.1. The average molecular weight is 748 g/mol. The molecule has 54 heavy (non-hydrogen) atoms. The number of fused-ring (bicyclic) bond motifs is 2. The molecule has 4 aliphatic rings. The molecule has 9 nitrogen and oxygen atoms in total. The normalized spacial score (nSPS) is 18.2. The maximum absolute atomic E-state index is 10.8. The van der Waals surface area contributed by atoms with Crippen LogP contribution in [-0.2, 0) is 45.4 Å². The molecule has 10 heteroatoms. The number of ether oxygens (including phenoxy) is 5. The van der Waals surface area contributed by atoms with Crippen LogP contribution in [0.1, 0.15) is 61.5 Å².